The highest BCUT2D eigenvalue weighted by Gasteiger charge is 2.05. The maximum Gasteiger partial charge on any atom is 0.218 e. The first kappa shape index (κ1) is 11.9. The van der Waals surface area contributed by atoms with Crippen molar-refractivity contribution in [2.45, 2.75) is 19.8 Å². The summed E-state index contributed by atoms with van der Waals surface area (Å²) in [5, 5.41) is 0. The van der Waals surface area contributed by atoms with Crippen molar-refractivity contribution in [2.24, 2.45) is 11.5 Å². The van der Waals surface area contributed by atoms with Gasteiger partial charge >= 0.3 is 0 Å². The SMILES string of the molecule is CCN(CCC(N)=O)CCC(N)=O. The predicted molar refractivity (Wildman–Crippen MR) is 49.7 cm³/mol. The van der Waals surface area contributed by atoms with Gasteiger partial charge in [-0.2, -0.15) is 0 Å². The minimum absolute atomic E-state index is 0.322. The zero-order valence-corrected chi connectivity index (χ0v) is 7.95. The van der Waals surface area contributed by atoms with Gasteiger partial charge in [-0.1, -0.05) is 6.92 Å². The Labute approximate surface area is 78.1 Å². The maximum absolute atomic E-state index is 10.5. The van der Waals surface area contributed by atoms with Crippen LogP contribution in [0.15, 0.2) is 0 Å². The van der Waals surface area contributed by atoms with E-state index < -0.39 is 0 Å². The fourth-order valence-electron chi connectivity index (χ4n) is 0.965. The first-order chi connectivity index (χ1) is 6.06. The molecule has 0 aromatic heterocycles. The van der Waals surface area contributed by atoms with Gasteiger partial charge < -0.3 is 16.4 Å². The molecule has 0 spiro atoms. The van der Waals surface area contributed by atoms with Crippen LogP contribution in [0.4, 0.5) is 0 Å². The molecule has 0 fully saturated rings. The second kappa shape index (κ2) is 6.42. The van der Waals surface area contributed by atoms with Crippen LogP contribution in [-0.2, 0) is 9.59 Å². The van der Waals surface area contributed by atoms with Crippen molar-refractivity contribution in [1.29, 1.82) is 0 Å². The normalized spacial score (nSPS) is 10.3. The van der Waals surface area contributed by atoms with Crippen molar-refractivity contribution in [3.8, 4) is 0 Å². The number of primary amides is 2. The summed E-state index contributed by atoms with van der Waals surface area (Å²) >= 11 is 0. The number of nitrogens with two attached hydrogens (primary N) is 2. The summed E-state index contributed by atoms with van der Waals surface area (Å²) in [5.41, 5.74) is 9.99. The van der Waals surface area contributed by atoms with Crippen molar-refractivity contribution in [1.82, 2.24) is 4.90 Å². The Hall–Kier alpha value is -1.10. The summed E-state index contributed by atoms with van der Waals surface area (Å²) in [6, 6.07) is 0. The van der Waals surface area contributed by atoms with Gasteiger partial charge in [-0.15, -0.1) is 0 Å². The van der Waals surface area contributed by atoms with E-state index in [4.69, 9.17) is 11.5 Å². The first-order valence-corrected chi connectivity index (χ1v) is 4.35. The monoisotopic (exact) mass is 187 g/mol. The van der Waals surface area contributed by atoms with Gasteiger partial charge in [0.1, 0.15) is 0 Å². The van der Waals surface area contributed by atoms with E-state index in [2.05, 4.69) is 0 Å². The standard InChI is InChI=1S/C8H17N3O2/c1-2-11(5-3-7(9)12)6-4-8(10)13/h2-6H2,1H3,(H2,9,12)(H2,10,13). The molecule has 0 aliphatic rings. The van der Waals surface area contributed by atoms with Crippen LogP contribution in [0, 0.1) is 0 Å². The van der Waals surface area contributed by atoms with E-state index in [1.54, 1.807) is 0 Å². The Balaban J connectivity index is 3.63. The van der Waals surface area contributed by atoms with Crippen molar-refractivity contribution >= 4 is 11.8 Å². The topological polar surface area (TPSA) is 89.4 Å². The molecule has 0 bridgehead atoms. The third-order valence-electron chi connectivity index (χ3n) is 1.80. The number of amides is 2. The second-order valence-electron chi connectivity index (χ2n) is 2.87. The minimum atomic E-state index is -0.322. The second-order valence-corrected chi connectivity index (χ2v) is 2.87. The summed E-state index contributed by atoms with van der Waals surface area (Å²) in [6.07, 6.45) is 0.652. The lowest BCUT2D eigenvalue weighted by molar-refractivity contribution is -0.118. The molecule has 0 heterocycles. The van der Waals surface area contributed by atoms with Crippen LogP contribution in [0.2, 0.25) is 0 Å². The molecule has 0 aliphatic heterocycles. The molecule has 0 saturated carbocycles. The fraction of sp³-hybridized carbons (Fsp3) is 0.750. The molecule has 5 nitrogen and oxygen atoms in total. The molecule has 76 valence electrons. The Morgan fingerprint density at radius 2 is 1.46 bits per heavy atom. The summed E-state index contributed by atoms with van der Waals surface area (Å²) in [7, 11) is 0. The quantitative estimate of drug-likeness (QED) is 0.539. The smallest absolute Gasteiger partial charge is 0.218 e. The molecule has 4 N–H and O–H groups in total. The minimum Gasteiger partial charge on any atom is -0.370 e. The highest BCUT2D eigenvalue weighted by atomic mass is 16.1. The number of hydrogen-bond acceptors (Lipinski definition) is 3. The van der Waals surface area contributed by atoms with Gasteiger partial charge in [0.15, 0.2) is 0 Å². The van der Waals surface area contributed by atoms with E-state index >= 15 is 0 Å². The van der Waals surface area contributed by atoms with E-state index in [-0.39, 0.29) is 11.8 Å². The molecule has 0 rings (SSSR count). The molecule has 0 atom stereocenters. The highest BCUT2D eigenvalue weighted by molar-refractivity contribution is 5.74. The van der Waals surface area contributed by atoms with E-state index in [0.717, 1.165) is 6.54 Å². The number of nitrogens with zero attached hydrogens (tertiary/aromatic N) is 1. The average molecular weight is 187 g/mol. The number of carbonyl (C=O) groups excluding carboxylic acids is 2. The summed E-state index contributed by atoms with van der Waals surface area (Å²) in [4.78, 5) is 22.9. The van der Waals surface area contributed by atoms with E-state index in [1.807, 2.05) is 11.8 Å². The number of hydrogen-bond donors (Lipinski definition) is 2. The van der Waals surface area contributed by atoms with E-state index in [1.165, 1.54) is 0 Å². The Kier molecular flexibility index (Phi) is 5.88. The van der Waals surface area contributed by atoms with Crippen molar-refractivity contribution < 1.29 is 9.59 Å². The van der Waals surface area contributed by atoms with Crippen LogP contribution in [0.1, 0.15) is 19.8 Å². The molecule has 0 aromatic rings. The third-order valence-corrected chi connectivity index (χ3v) is 1.80. The predicted octanol–water partition coefficient (Wildman–Crippen LogP) is -0.941. The summed E-state index contributed by atoms with van der Waals surface area (Å²) in [5.74, 6) is -0.643. The van der Waals surface area contributed by atoms with Gasteiger partial charge in [0.05, 0.1) is 0 Å². The fourth-order valence-corrected chi connectivity index (χ4v) is 0.965. The Bertz CT molecular complexity index is 164. The van der Waals surface area contributed by atoms with Crippen LogP contribution in [-0.4, -0.2) is 36.3 Å². The molecule has 2 amide bonds. The third kappa shape index (κ3) is 7.27. The van der Waals surface area contributed by atoms with Gasteiger partial charge in [-0.05, 0) is 6.54 Å². The lowest BCUT2D eigenvalue weighted by Crippen LogP contribution is -2.31. The van der Waals surface area contributed by atoms with Gasteiger partial charge in [0.2, 0.25) is 11.8 Å². The lowest BCUT2D eigenvalue weighted by atomic mass is 10.3. The van der Waals surface area contributed by atoms with Gasteiger partial charge in [-0.3, -0.25) is 9.59 Å². The van der Waals surface area contributed by atoms with Gasteiger partial charge in [0.25, 0.3) is 0 Å². The number of carbonyl (C=O) groups is 2. The average Bonchev–Trinajstić information content (AvgIpc) is 2.04. The summed E-state index contributed by atoms with van der Waals surface area (Å²) in [6.45, 7) is 3.95. The molecular weight excluding hydrogens is 170 g/mol. The van der Waals surface area contributed by atoms with Gasteiger partial charge in [0, 0.05) is 25.9 Å². The molecular formula is C8H17N3O2. The van der Waals surface area contributed by atoms with E-state index in [9.17, 15) is 9.59 Å². The van der Waals surface area contributed by atoms with Crippen LogP contribution < -0.4 is 11.5 Å². The molecule has 0 radical (unpaired) electrons. The van der Waals surface area contributed by atoms with Crippen molar-refractivity contribution in [3.63, 3.8) is 0 Å². The molecule has 0 unspecified atom stereocenters. The molecule has 0 saturated heterocycles. The zero-order chi connectivity index (χ0) is 10.3. The van der Waals surface area contributed by atoms with E-state index in [0.29, 0.717) is 25.9 Å². The number of rotatable bonds is 7. The maximum atomic E-state index is 10.5. The highest BCUT2D eigenvalue weighted by Crippen LogP contribution is 1.92. The van der Waals surface area contributed by atoms with Crippen molar-refractivity contribution in [2.75, 3.05) is 19.6 Å². The van der Waals surface area contributed by atoms with Gasteiger partial charge in [-0.25, -0.2) is 0 Å². The Morgan fingerprint density at radius 1 is 1.08 bits per heavy atom. The zero-order valence-electron chi connectivity index (χ0n) is 7.95. The largest absolute Gasteiger partial charge is 0.370 e. The van der Waals surface area contributed by atoms with Crippen LogP contribution in [0.25, 0.3) is 0 Å². The Morgan fingerprint density at radius 3 is 1.69 bits per heavy atom. The van der Waals surface area contributed by atoms with Crippen LogP contribution in [0.3, 0.4) is 0 Å². The molecule has 0 aliphatic carbocycles. The van der Waals surface area contributed by atoms with Crippen molar-refractivity contribution in [3.05, 3.63) is 0 Å². The summed E-state index contributed by atoms with van der Waals surface area (Å²) < 4.78 is 0. The van der Waals surface area contributed by atoms with Crippen LogP contribution >= 0.6 is 0 Å². The molecule has 0 aromatic carbocycles. The lowest BCUT2D eigenvalue weighted by Gasteiger charge is -2.18. The molecule has 13 heavy (non-hydrogen) atoms. The van der Waals surface area contributed by atoms with Crippen LogP contribution in [0.5, 0.6) is 0 Å². The first-order valence-electron chi connectivity index (χ1n) is 4.35. The molecule has 5 heteroatoms.